The lowest BCUT2D eigenvalue weighted by Crippen LogP contribution is -2.36. The van der Waals surface area contributed by atoms with Gasteiger partial charge >= 0.3 is 6.36 Å². The van der Waals surface area contributed by atoms with Crippen molar-refractivity contribution in [1.82, 2.24) is 4.98 Å². The van der Waals surface area contributed by atoms with Crippen molar-refractivity contribution >= 4 is 21.5 Å². The first-order chi connectivity index (χ1) is 12.7. The summed E-state index contributed by atoms with van der Waals surface area (Å²) >= 11 is 0. The summed E-state index contributed by atoms with van der Waals surface area (Å²) in [5.41, 5.74) is 0.119. The largest absolute Gasteiger partial charge is 0.573 e. The summed E-state index contributed by atoms with van der Waals surface area (Å²) in [4.78, 5) is 5.55. The van der Waals surface area contributed by atoms with E-state index in [4.69, 9.17) is 4.74 Å². The molecule has 1 N–H and O–H groups in total. The first-order valence-corrected chi connectivity index (χ1v) is 9.39. The van der Waals surface area contributed by atoms with E-state index in [0.29, 0.717) is 32.1 Å². The second-order valence-electron chi connectivity index (χ2n) is 5.60. The Bertz CT molecular complexity index is 883. The first kappa shape index (κ1) is 19.2. The zero-order valence-electron chi connectivity index (χ0n) is 13.9. The number of hydrogen-bond donors (Lipinski definition) is 1. The minimum atomic E-state index is -5.01. The third-order valence-corrected chi connectivity index (χ3v) is 5.12. The number of anilines is 2. The molecular formula is C16H16F3N3O4S. The average Bonchev–Trinajstić information content (AvgIpc) is 2.62. The summed E-state index contributed by atoms with van der Waals surface area (Å²) in [6.45, 7) is 2.48. The number of nitrogens with zero attached hydrogens (tertiary/aromatic N) is 2. The number of aromatic nitrogens is 1. The Hall–Kier alpha value is -2.53. The van der Waals surface area contributed by atoms with Gasteiger partial charge in [-0.25, -0.2) is 13.4 Å². The highest BCUT2D eigenvalue weighted by Gasteiger charge is 2.34. The Kier molecular flexibility index (Phi) is 5.42. The van der Waals surface area contributed by atoms with Gasteiger partial charge in [-0.1, -0.05) is 12.1 Å². The van der Waals surface area contributed by atoms with Gasteiger partial charge in [0.15, 0.2) is 0 Å². The van der Waals surface area contributed by atoms with Crippen molar-refractivity contribution in [3.63, 3.8) is 0 Å². The van der Waals surface area contributed by atoms with Crippen LogP contribution in [0, 0.1) is 0 Å². The van der Waals surface area contributed by atoms with Gasteiger partial charge in [0.25, 0.3) is 10.0 Å². The molecular weight excluding hydrogens is 387 g/mol. The number of para-hydroxylation sites is 1. The number of nitrogens with one attached hydrogen (secondary N) is 1. The van der Waals surface area contributed by atoms with Crippen LogP contribution in [0.4, 0.5) is 24.7 Å². The first-order valence-electron chi connectivity index (χ1n) is 7.91. The van der Waals surface area contributed by atoms with Crippen LogP contribution in [0.5, 0.6) is 5.75 Å². The highest BCUT2D eigenvalue weighted by Crippen LogP contribution is 2.30. The minimum absolute atomic E-state index is 0.119. The molecule has 0 unspecified atom stereocenters. The molecule has 3 rings (SSSR count). The lowest BCUT2D eigenvalue weighted by Gasteiger charge is -2.27. The molecule has 7 nitrogen and oxygen atoms in total. The Labute approximate surface area is 153 Å². The lowest BCUT2D eigenvalue weighted by atomic mass is 10.3. The molecule has 0 saturated carbocycles. The fourth-order valence-electron chi connectivity index (χ4n) is 2.52. The van der Waals surface area contributed by atoms with Crippen LogP contribution in [-0.2, 0) is 14.8 Å². The molecule has 1 aromatic carbocycles. The Morgan fingerprint density at radius 2 is 1.81 bits per heavy atom. The van der Waals surface area contributed by atoms with E-state index in [-0.39, 0.29) is 5.69 Å². The highest BCUT2D eigenvalue weighted by atomic mass is 32.2. The molecule has 146 valence electrons. The number of alkyl halides is 3. The molecule has 0 spiro atoms. The van der Waals surface area contributed by atoms with Crippen LogP contribution in [0.25, 0.3) is 0 Å². The molecule has 2 heterocycles. The number of rotatable bonds is 5. The van der Waals surface area contributed by atoms with Gasteiger partial charge in [0, 0.05) is 13.1 Å². The van der Waals surface area contributed by atoms with E-state index in [2.05, 4.69) is 14.4 Å². The van der Waals surface area contributed by atoms with Crippen LogP contribution >= 0.6 is 0 Å². The van der Waals surface area contributed by atoms with Crippen molar-refractivity contribution in [1.29, 1.82) is 0 Å². The zero-order valence-corrected chi connectivity index (χ0v) is 14.8. The maximum absolute atomic E-state index is 12.5. The van der Waals surface area contributed by atoms with Gasteiger partial charge in [0.2, 0.25) is 0 Å². The Morgan fingerprint density at radius 1 is 1.11 bits per heavy atom. The molecule has 1 aliphatic rings. The third kappa shape index (κ3) is 5.01. The number of ether oxygens (including phenoxy) is 2. The van der Waals surface area contributed by atoms with E-state index in [1.54, 1.807) is 6.07 Å². The van der Waals surface area contributed by atoms with Crippen LogP contribution in [0.2, 0.25) is 0 Å². The average molecular weight is 403 g/mol. The maximum Gasteiger partial charge on any atom is 0.573 e. The molecule has 0 aliphatic carbocycles. The normalized spacial score (nSPS) is 15.4. The van der Waals surface area contributed by atoms with E-state index >= 15 is 0 Å². The van der Waals surface area contributed by atoms with Crippen LogP contribution in [0.15, 0.2) is 47.5 Å². The molecule has 0 amide bonds. The van der Waals surface area contributed by atoms with E-state index in [9.17, 15) is 21.6 Å². The van der Waals surface area contributed by atoms with Crippen molar-refractivity contribution in [3.8, 4) is 5.75 Å². The van der Waals surface area contributed by atoms with E-state index in [1.807, 2.05) is 4.90 Å². The van der Waals surface area contributed by atoms with Gasteiger partial charge in [-0.2, -0.15) is 0 Å². The van der Waals surface area contributed by atoms with Gasteiger partial charge < -0.3 is 14.4 Å². The molecule has 11 heteroatoms. The van der Waals surface area contributed by atoms with Crippen molar-refractivity contribution < 1.29 is 31.1 Å². The number of hydrogen-bond acceptors (Lipinski definition) is 6. The zero-order chi connectivity index (χ0) is 19.5. The number of sulfonamides is 1. The highest BCUT2D eigenvalue weighted by molar-refractivity contribution is 7.92. The number of halogens is 3. The summed E-state index contributed by atoms with van der Waals surface area (Å²) in [6.07, 6.45) is -3.71. The lowest BCUT2D eigenvalue weighted by molar-refractivity contribution is -0.275. The molecule has 1 fully saturated rings. The van der Waals surface area contributed by atoms with Crippen LogP contribution in [-0.4, -0.2) is 46.1 Å². The molecule has 27 heavy (non-hydrogen) atoms. The fourth-order valence-corrected chi connectivity index (χ4v) is 3.69. The van der Waals surface area contributed by atoms with Crippen molar-refractivity contribution in [3.05, 3.63) is 42.6 Å². The molecule has 0 bridgehead atoms. The topological polar surface area (TPSA) is 80.8 Å². The van der Waals surface area contributed by atoms with Crippen molar-refractivity contribution in [2.45, 2.75) is 11.3 Å². The quantitative estimate of drug-likeness (QED) is 0.827. The molecule has 1 saturated heterocycles. The van der Waals surface area contributed by atoms with Crippen LogP contribution < -0.4 is 14.4 Å². The van der Waals surface area contributed by atoms with E-state index < -0.39 is 27.0 Å². The van der Waals surface area contributed by atoms with Crippen LogP contribution in [0.3, 0.4) is 0 Å². The molecule has 1 aliphatic heterocycles. The van der Waals surface area contributed by atoms with Crippen molar-refractivity contribution in [2.24, 2.45) is 0 Å². The van der Waals surface area contributed by atoms with Gasteiger partial charge in [0.1, 0.15) is 16.5 Å². The van der Waals surface area contributed by atoms with Gasteiger partial charge in [-0.05, 0) is 24.3 Å². The number of benzene rings is 1. The molecule has 0 atom stereocenters. The Morgan fingerprint density at radius 3 is 2.44 bits per heavy atom. The minimum Gasteiger partial charge on any atom is -0.404 e. The Balaban J connectivity index is 1.79. The molecule has 0 radical (unpaired) electrons. The maximum atomic E-state index is 12.5. The predicted molar refractivity (Wildman–Crippen MR) is 91.2 cm³/mol. The molecule has 2 aromatic rings. The summed E-state index contributed by atoms with van der Waals surface area (Å²) in [6, 6.07) is 7.63. The second-order valence-corrected chi connectivity index (χ2v) is 7.26. The number of morpholine rings is 1. The summed E-state index contributed by atoms with van der Waals surface area (Å²) in [5.74, 6) is -0.155. The summed E-state index contributed by atoms with van der Waals surface area (Å²) in [7, 11) is -4.30. The fraction of sp³-hybridized carbons (Fsp3) is 0.312. The van der Waals surface area contributed by atoms with Crippen LogP contribution in [0.1, 0.15) is 0 Å². The van der Waals surface area contributed by atoms with Gasteiger partial charge in [0.05, 0.1) is 25.1 Å². The third-order valence-electron chi connectivity index (χ3n) is 3.70. The molecule has 1 aromatic heterocycles. The standard InChI is InChI=1S/C16H16F3N3O4S/c17-16(18,19)26-13-3-1-2-4-14(13)27(23,24)21-12-5-6-15(20-11-12)22-7-9-25-10-8-22/h1-6,11,21H,7-10H2. The van der Waals surface area contributed by atoms with Gasteiger partial charge in [-0.3, -0.25) is 4.72 Å². The van der Waals surface area contributed by atoms with E-state index in [1.165, 1.54) is 24.4 Å². The predicted octanol–water partition coefficient (Wildman–Crippen LogP) is 2.62. The second kappa shape index (κ2) is 7.61. The smallest absolute Gasteiger partial charge is 0.404 e. The number of pyridine rings is 1. The SMILES string of the molecule is O=S(=O)(Nc1ccc(N2CCOCC2)nc1)c1ccccc1OC(F)(F)F. The summed E-state index contributed by atoms with van der Waals surface area (Å²) < 4.78 is 73.7. The van der Waals surface area contributed by atoms with Gasteiger partial charge in [-0.15, -0.1) is 13.2 Å². The van der Waals surface area contributed by atoms with E-state index in [0.717, 1.165) is 12.1 Å². The summed E-state index contributed by atoms with van der Waals surface area (Å²) in [5, 5.41) is 0. The monoisotopic (exact) mass is 403 g/mol. The van der Waals surface area contributed by atoms with Crippen molar-refractivity contribution in [2.75, 3.05) is 35.9 Å².